The lowest BCUT2D eigenvalue weighted by Crippen LogP contribution is -2.56. The van der Waals surface area contributed by atoms with Crippen LogP contribution < -0.4 is 0 Å². The van der Waals surface area contributed by atoms with Crippen LogP contribution in [0.1, 0.15) is 65.2 Å². The van der Waals surface area contributed by atoms with Gasteiger partial charge in [0.1, 0.15) is 12.2 Å². The minimum Gasteiger partial charge on any atom is -0.387 e. The van der Waals surface area contributed by atoms with E-state index in [0.717, 1.165) is 12.8 Å². The minimum absolute atomic E-state index is 0.259. The fourth-order valence-electron chi connectivity index (χ4n) is 1.98. The molecule has 122 valence electrons. The Kier molecular flexibility index (Phi) is 8.66. The van der Waals surface area contributed by atoms with Crippen LogP contribution in [-0.4, -0.2) is 34.3 Å². The molecule has 2 N–H and O–H groups in total. The van der Waals surface area contributed by atoms with Gasteiger partial charge in [0, 0.05) is 0 Å². The van der Waals surface area contributed by atoms with Gasteiger partial charge >= 0.3 is 11.8 Å². The van der Waals surface area contributed by atoms with Gasteiger partial charge in [0.05, 0.1) is 0 Å². The number of hydrogen-bond acceptors (Lipinski definition) is 2. The van der Waals surface area contributed by atoms with E-state index in [4.69, 9.17) is 0 Å². The average molecular weight is 302 g/mol. The second-order valence-corrected chi connectivity index (χ2v) is 5.27. The summed E-state index contributed by atoms with van der Waals surface area (Å²) in [4.78, 5) is 0. The van der Waals surface area contributed by atoms with E-state index >= 15 is 0 Å². The quantitative estimate of drug-likeness (QED) is 0.445. The summed E-state index contributed by atoms with van der Waals surface area (Å²) < 4.78 is 54.5. The van der Waals surface area contributed by atoms with Crippen LogP contribution in [0.15, 0.2) is 0 Å². The van der Waals surface area contributed by atoms with Crippen LogP contribution in [0.5, 0.6) is 0 Å². The predicted molar refractivity (Wildman–Crippen MR) is 70.2 cm³/mol. The zero-order chi connectivity index (χ0) is 15.8. The Bertz CT molecular complexity index is 234. The van der Waals surface area contributed by atoms with Crippen LogP contribution >= 0.6 is 0 Å². The molecule has 0 aliphatic carbocycles. The van der Waals surface area contributed by atoms with Gasteiger partial charge in [-0.05, 0) is 12.8 Å². The minimum atomic E-state index is -4.60. The maximum Gasteiger partial charge on any atom is 0.338 e. The molecular formula is C14H26F4O2. The van der Waals surface area contributed by atoms with Gasteiger partial charge in [0.15, 0.2) is 0 Å². The van der Waals surface area contributed by atoms with Crippen LogP contribution in [0.4, 0.5) is 17.6 Å². The van der Waals surface area contributed by atoms with Crippen molar-refractivity contribution >= 4 is 0 Å². The zero-order valence-electron chi connectivity index (χ0n) is 12.2. The van der Waals surface area contributed by atoms with Crippen LogP contribution in [0.25, 0.3) is 0 Å². The molecule has 2 atom stereocenters. The third-order valence-electron chi connectivity index (χ3n) is 3.44. The lowest BCUT2D eigenvalue weighted by Gasteiger charge is -2.33. The summed E-state index contributed by atoms with van der Waals surface area (Å²) in [6.07, 6.45) is -2.44. The standard InChI is InChI=1S/C14H26F4O2/c1-3-5-7-9-11(19)13(15,16)14(17,18)12(20)10-8-6-4-2/h11-12,19-20H,3-10H2,1-2H3. The fraction of sp³-hybridized carbons (Fsp3) is 1.00. The van der Waals surface area contributed by atoms with Crippen molar-refractivity contribution in [3.63, 3.8) is 0 Å². The lowest BCUT2D eigenvalue weighted by molar-refractivity contribution is -0.288. The normalized spacial score (nSPS) is 16.2. The summed E-state index contributed by atoms with van der Waals surface area (Å²) in [5.74, 6) is -9.21. The molecule has 0 heterocycles. The Morgan fingerprint density at radius 1 is 0.700 bits per heavy atom. The van der Waals surface area contributed by atoms with Crippen molar-refractivity contribution in [3.8, 4) is 0 Å². The molecule has 0 radical (unpaired) electrons. The Morgan fingerprint density at radius 2 is 1.00 bits per heavy atom. The average Bonchev–Trinajstić information content (AvgIpc) is 2.38. The first kappa shape index (κ1) is 19.6. The van der Waals surface area contributed by atoms with Crippen molar-refractivity contribution in [2.75, 3.05) is 0 Å². The molecule has 0 spiro atoms. The first-order chi connectivity index (χ1) is 9.21. The van der Waals surface area contributed by atoms with Gasteiger partial charge in [-0.3, -0.25) is 0 Å². The number of aliphatic hydroxyl groups is 2. The van der Waals surface area contributed by atoms with E-state index < -0.39 is 36.9 Å². The van der Waals surface area contributed by atoms with E-state index in [1.807, 2.05) is 13.8 Å². The van der Waals surface area contributed by atoms with E-state index in [9.17, 15) is 27.8 Å². The Hall–Kier alpha value is -0.360. The molecule has 0 saturated heterocycles. The molecule has 2 nitrogen and oxygen atoms in total. The molecular weight excluding hydrogens is 276 g/mol. The van der Waals surface area contributed by atoms with Gasteiger partial charge in [-0.1, -0.05) is 52.4 Å². The highest BCUT2D eigenvalue weighted by atomic mass is 19.3. The molecule has 0 bridgehead atoms. The number of hydrogen-bond donors (Lipinski definition) is 2. The maximum absolute atomic E-state index is 13.6. The van der Waals surface area contributed by atoms with Crippen molar-refractivity contribution in [2.45, 2.75) is 89.3 Å². The number of rotatable bonds is 11. The fourth-order valence-corrected chi connectivity index (χ4v) is 1.98. The summed E-state index contributed by atoms with van der Waals surface area (Å²) in [5.41, 5.74) is 0. The van der Waals surface area contributed by atoms with Crippen LogP contribution in [0.3, 0.4) is 0 Å². The number of halogens is 4. The molecule has 2 unspecified atom stereocenters. The maximum atomic E-state index is 13.6. The van der Waals surface area contributed by atoms with Gasteiger partial charge in [-0.25, -0.2) is 0 Å². The van der Waals surface area contributed by atoms with E-state index in [1.165, 1.54) is 0 Å². The summed E-state index contributed by atoms with van der Waals surface area (Å²) in [6, 6.07) is 0. The van der Waals surface area contributed by atoms with Gasteiger partial charge in [-0.15, -0.1) is 0 Å². The van der Waals surface area contributed by atoms with Crippen molar-refractivity contribution in [2.24, 2.45) is 0 Å². The van der Waals surface area contributed by atoms with Crippen molar-refractivity contribution < 1.29 is 27.8 Å². The monoisotopic (exact) mass is 302 g/mol. The van der Waals surface area contributed by atoms with Crippen LogP contribution in [0.2, 0.25) is 0 Å². The SMILES string of the molecule is CCCCCC(O)C(F)(F)C(F)(F)C(O)CCCCC. The van der Waals surface area contributed by atoms with Crippen LogP contribution in [0, 0.1) is 0 Å². The smallest absolute Gasteiger partial charge is 0.338 e. The Morgan fingerprint density at radius 3 is 1.25 bits per heavy atom. The third kappa shape index (κ3) is 5.20. The second-order valence-electron chi connectivity index (χ2n) is 5.27. The van der Waals surface area contributed by atoms with Gasteiger partial charge in [-0.2, -0.15) is 17.6 Å². The first-order valence-electron chi connectivity index (χ1n) is 7.33. The lowest BCUT2D eigenvalue weighted by atomic mass is 9.94. The topological polar surface area (TPSA) is 40.5 Å². The molecule has 6 heteroatoms. The Labute approximate surface area is 118 Å². The molecule has 0 rings (SSSR count). The zero-order valence-corrected chi connectivity index (χ0v) is 12.2. The van der Waals surface area contributed by atoms with Gasteiger partial charge in [0.25, 0.3) is 0 Å². The second kappa shape index (κ2) is 8.82. The molecule has 0 aliphatic rings. The van der Waals surface area contributed by atoms with Crippen molar-refractivity contribution in [1.82, 2.24) is 0 Å². The molecule has 0 aromatic rings. The molecule has 0 fully saturated rings. The third-order valence-corrected chi connectivity index (χ3v) is 3.44. The van der Waals surface area contributed by atoms with E-state index in [-0.39, 0.29) is 12.8 Å². The highest BCUT2D eigenvalue weighted by Gasteiger charge is 2.63. The van der Waals surface area contributed by atoms with Gasteiger partial charge < -0.3 is 10.2 Å². The molecule has 0 aromatic heterocycles. The molecule has 0 saturated carbocycles. The molecule has 0 amide bonds. The predicted octanol–water partition coefficient (Wildman–Crippen LogP) is 4.14. The largest absolute Gasteiger partial charge is 0.387 e. The summed E-state index contributed by atoms with van der Waals surface area (Å²) in [6.45, 7) is 3.69. The highest BCUT2D eigenvalue weighted by Crippen LogP contribution is 2.42. The summed E-state index contributed by atoms with van der Waals surface area (Å²) in [5, 5.41) is 18.6. The number of unbranched alkanes of at least 4 members (excludes halogenated alkanes) is 4. The van der Waals surface area contributed by atoms with E-state index in [1.54, 1.807) is 0 Å². The summed E-state index contributed by atoms with van der Waals surface area (Å²) >= 11 is 0. The molecule has 20 heavy (non-hydrogen) atoms. The number of alkyl halides is 4. The number of aliphatic hydroxyl groups excluding tert-OH is 2. The summed E-state index contributed by atoms with van der Waals surface area (Å²) in [7, 11) is 0. The van der Waals surface area contributed by atoms with Crippen molar-refractivity contribution in [3.05, 3.63) is 0 Å². The Balaban J connectivity index is 4.59. The highest BCUT2D eigenvalue weighted by molar-refractivity contribution is 4.95. The molecule has 0 aliphatic heterocycles. The van der Waals surface area contributed by atoms with Gasteiger partial charge in [0.2, 0.25) is 0 Å². The molecule has 0 aromatic carbocycles. The van der Waals surface area contributed by atoms with E-state index in [2.05, 4.69) is 0 Å². The van der Waals surface area contributed by atoms with Crippen molar-refractivity contribution in [1.29, 1.82) is 0 Å². The first-order valence-corrected chi connectivity index (χ1v) is 7.33. The van der Waals surface area contributed by atoms with Crippen LogP contribution in [-0.2, 0) is 0 Å². The van der Waals surface area contributed by atoms with E-state index in [0.29, 0.717) is 12.8 Å².